The lowest BCUT2D eigenvalue weighted by atomic mass is 9.97. The van der Waals surface area contributed by atoms with E-state index in [0.29, 0.717) is 19.0 Å². The van der Waals surface area contributed by atoms with Crippen molar-refractivity contribution in [2.45, 2.75) is 19.4 Å². The number of piperidine rings is 1. The van der Waals surface area contributed by atoms with Crippen molar-refractivity contribution in [2.75, 3.05) is 13.1 Å². The van der Waals surface area contributed by atoms with Gasteiger partial charge in [0, 0.05) is 19.1 Å². The summed E-state index contributed by atoms with van der Waals surface area (Å²) in [6.07, 6.45) is 0.0797. The number of hydrogen-bond donors (Lipinski definition) is 2. The topological polar surface area (TPSA) is 66.6 Å². The van der Waals surface area contributed by atoms with Gasteiger partial charge < -0.3 is 15.7 Å². The maximum absolute atomic E-state index is 10.5. The molecule has 0 aromatic rings. The Kier molecular flexibility index (Phi) is 2.34. The van der Waals surface area contributed by atoms with Crippen molar-refractivity contribution in [2.24, 2.45) is 11.7 Å². The lowest BCUT2D eigenvalue weighted by Crippen LogP contribution is -2.48. The minimum Gasteiger partial charge on any atom is -0.465 e. The zero-order chi connectivity index (χ0) is 8.43. The van der Waals surface area contributed by atoms with E-state index in [-0.39, 0.29) is 6.04 Å². The van der Waals surface area contributed by atoms with E-state index in [1.165, 1.54) is 4.90 Å². The van der Waals surface area contributed by atoms with Crippen LogP contribution in [-0.4, -0.2) is 35.2 Å². The van der Waals surface area contributed by atoms with E-state index >= 15 is 0 Å². The molecule has 1 rings (SSSR count). The maximum atomic E-state index is 10.5. The standard InChI is InChI=1S/C7H14N2O2/c1-5-2-6(8)4-9(3-5)7(10)11/h5-6H,2-4,8H2,1H3,(H,10,11). The van der Waals surface area contributed by atoms with Gasteiger partial charge in [-0.1, -0.05) is 6.92 Å². The highest BCUT2D eigenvalue weighted by molar-refractivity contribution is 5.65. The van der Waals surface area contributed by atoms with Gasteiger partial charge in [-0.3, -0.25) is 0 Å². The molecule has 1 amide bonds. The zero-order valence-corrected chi connectivity index (χ0v) is 6.66. The van der Waals surface area contributed by atoms with Crippen LogP contribution in [0.5, 0.6) is 0 Å². The summed E-state index contributed by atoms with van der Waals surface area (Å²) in [4.78, 5) is 11.9. The maximum Gasteiger partial charge on any atom is 0.407 e. The number of amides is 1. The van der Waals surface area contributed by atoms with E-state index in [4.69, 9.17) is 10.8 Å². The van der Waals surface area contributed by atoms with Crippen LogP contribution in [0.3, 0.4) is 0 Å². The van der Waals surface area contributed by atoms with Gasteiger partial charge in [0.1, 0.15) is 0 Å². The second kappa shape index (κ2) is 3.09. The Bertz CT molecular complexity index is 151. The predicted octanol–water partition coefficient (Wildman–Crippen LogP) is 0.334. The average Bonchev–Trinajstić information content (AvgIpc) is 1.85. The third-order valence-corrected chi connectivity index (χ3v) is 1.96. The van der Waals surface area contributed by atoms with Crippen LogP contribution >= 0.6 is 0 Å². The molecule has 1 heterocycles. The van der Waals surface area contributed by atoms with E-state index in [1.54, 1.807) is 0 Å². The van der Waals surface area contributed by atoms with Crippen molar-refractivity contribution in [3.8, 4) is 0 Å². The Hall–Kier alpha value is -0.770. The van der Waals surface area contributed by atoms with Crippen LogP contribution in [0.15, 0.2) is 0 Å². The largest absolute Gasteiger partial charge is 0.465 e. The van der Waals surface area contributed by atoms with Gasteiger partial charge in [0.05, 0.1) is 0 Å². The number of nitrogens with two attached hydrogens (primary N) is 1. The van der Waals surface area contributed by atoms with Crippen LogP contribution < -0.4 is 5.73 Å². The van der Waals surface area contributed by atoms with Gasteiger partial charge >= 0.3 is 6.09 Å². The van der Waals surface area contributed by atoms with Gasteiger partial charge in [0.25, 0.3) is 0 Å². The van der Waals surface area contributed by atoms with Gasteiger partial charge in [-0.25, -0.2) is 4.79 Å². The summed E-state index contributed by atoms with van der Waals surface area (Å²) in [6, 6.07) is 0.0230. The molecule has 1 saturated heterocycles. The van der Waals surface area contributed by atoms with E-state index in [9.17, 15) is 4.79 Å². The summed E-state index contributed by atoms with van der Waals surface area (Å²) in [5.41, 5.74) is 5.65. The molecule has 0 bridgehead atoms. The lowest BCUT2D eigenvalue weighted by Gasteiger charge is -2.32. The molecule has 4 nitrogen and oxygen atoms in total. The summed E-state index contributed by atoms with van der Waals surface area (Å²) in [7, 11) is 0. The molecule has 4 heteroatoms. The Morgan fingerprint density at radius 3 is 2.73 bits per heavy atom. The number of rotatable bonds is 0. The van der Waals surface area contributed by atoms with Crippen molar-refractivity contribution < 1.29 is 9.90 Å². The molecule has 1 aliphatic rings. The first-order valence-corrected chi connectivity index (χ1v) is 3.83. The van der Waals surface area contributed by atoms with Crippen LogP contribution in [0.2, 0.25) is 0 Å². The first-order valence-electron chi connectivity index (χ1n) is 3.83. The zero-order valence-electron chi connectivity index (χ0n) is 6.66. The smallest absolute Gasteiger partial charge is 0.407 e. The summed E-state index contributed by atoms with van der Waals surface area (Å²) in [5, 5.41) is 8.64. The molecule has 1 aliphatic heterocycles. The van der Waals surface area contributed by atoms with Crippen LogP contribution in [0, 0.1) is 5.92 Å². The molecule has 2 atom stereocenters. The minimum atomic E-state index is -0.855. The van der Waals surface area contributed by atoms with Crippen molar-refractivity contribution in [1.82, 2.24) is 4.90 Å². The first-order chi connectivity index (χ1) is 5.09. The molecular weight excluding hydrogens is 144 g/mol. The quantitative estimate of drug-likeness (QED) is 0.534. The van der Waals surface area contributed by atoms with Crippen LogP contribution in [0.4, 0.5) is 4.79 Å². The van der Waals surface area contributed by atoms with E-state index in [2.05, 4.69) is 0 Å². The van der Waals surface area contributed by atoms with E-state index in [1.807, 2.05) is 6.92 Å². The second-order valence-corrected chi connectivity index (χ2v) is 3.29. The van der Waals surface area contributed by atoms with Gasteiger partial charge in [0.15, 0.2) is 0 Å². The summed E-state index contributed by atoms with van der Waals surface area (Å²) in [6.45, 7) is 3.14. The van der Waals surface area contributed by atoms with E-state index < -0.39 is 6.09 Å². The Balaban J connectivity index is 2.49. The van der Waals surface area contributed by atoms with Gasteiger partial charge in [0.2, 0.25) is 0 Å². The molecular formula is C7H14N2O2. The fourth-order valence-electron chi connectivity index (χ4n) is 1.56. The molecule has 1 fully saturated rings. The number of carbonyl (C=O) groups is 1. The summed E-state index contributed by atoms with van der Waals surface area (Å²) in [5.74, 6) is 0.398. The molecule has 11 heavy (non-hydrogen) atoms. The molecule has 3 N–H and O–H groups in total. The SMILES string of the molecule is CC1CC(N)CN(C(=O)O)C1. The number of carboxylic acid groups (broad SMARTS) is 1. The van der Waals surface area contributed by atoms with Crippen LogP contribution in [0.1, 0.15) is 13.3 Å². The van der Waals surface area contributed by atoms with Crippen LogP contribution in [0.25, 0.3) is 0 Å². The normalized spacial score (nSPS) is 32.0. The third-order valence-electron chi connectivity index (χ3n) is 1.96. The molecule has 0 spiro atoms. The summed E-state index contributed by atoms with van der Waals surface area (Å²) < 4.78 is 0. The Labute approximate surface area is 66.0 Å². The fourth-order valence-corrected chi connectivity index (χ4v) is 1.56. The van der Waals surface area contributed by atoms with Gasteiger partial charge in [-0.15, -0.1) is 0 Å². The van der Waals surface area contributed by atoms with Crippen molar-refractivity contribution in [3.63, 3.8) is 0 Å². The van der Waals surface area contributed by atoms with Gasteiger partial charge in [-0.05, 0) is 12.3 Å². The van der Waals surface area contributed by atoms with Crippen molar-refractivity contribution in [3.05, 3.63) is 0 Å². The molecule has 0 aliphatic carbocycles. The Morgan fingerprint density at radius 2 is 2.27 bits per heavy atom. The number of nitrogens with zero attached hydrogens (tertiary/aromatic N) is 1. The van der Waals surface area contributed by atoms with Crippen LogP contribution in [-0.2, 0) is 0 Å². The molecule has 64 valence electrons. The number of hydrogen-bond acceptors (Lipinski definition) is 2. The third kappa shape index (κ3) is 2.08. The van der Waals surface area contributed by atoms with Crippen molar-refractivity contribution in [1.29, 1.82) is 0 Å². The van der Waals surface area contributed by atoms with E-state index in [0.717, 1.165) is 6.42 Å². The second-order valence-electron chi connectivity index (χ2n) is 3.29. The molecule has 2 unspecified atom stereocenters. The lowest BCUT2D eigenvalue weighted by molar-refractivity contribution is 0.116. The highest BCUT2D eigenvalue weighted by atomic mass is 16.4. The predicted molar refractivity (Wildman–Crippen MR) is 41.4 cm³/mol. The molecule has 0 saturated carbocycles. The molecule has 0 radical (unpaired) electrons. The number of likely N-dealkylation sites (tertiary alicyclic amines) is 1. The Morgan fingerprint density at radius 1 is 1.64 bits per heavy atom. The summed E-state index contributed by atoms with van der Waals surface area (Å²) >= 11 is 0. The molecule has 0 aromatic heterocycles. The average molecular weight is 158 g/mol. The first kappa shape index (κ1) is 8.33. The highest BCUT2D eigenvalue weighted by Crippen LogP contribution is 2.14. The monoisotopic (exact) mass is 158 g/mol. The fraction of sp³-hybridized carbons (Fsp3) is 0.857. The van der Waals surface area contributed by atoms with Crippen molar-refractivity contribution >= 4 is 6.09 Å². The van der Waals surface area contributed by atoms with Gasteiger partial charge in [-0.2, -0.15) is 0 Å². The minimum absolute atomic E-state index is 0.0230. The molecule has 0 aromatic carbocycles. The highest BCUT2D eigenvalue weighted by Gasteiger charge is 2.24.